The molecule has 7 heteroatoms. The molecule has 4 rings (SSSR count). The molecule has 0 fully saturated rings. The molecule has 0 bridgehead atoms. The van der Waals surface area contributed by atoms with Gasteiger partial charge in [-0.3, -0.25) is 9.36 Å². The topological polar surface area (TPSA) is 64.3 Å². The van der Waals surface area contributed by atoms with E-state index in [-0.39, 0.29) is 36.0 Å². The van der Waals surface area contributed by atoms with Crippen molar-refractivity contribution in [3.05, 3.63) is 90.0 Å². The second-order valence-corrected chi connectivity index (χ2v) is 8.83. The standard InChI is InChI=1S/C29H29ClN2O3.Na.H/c30-24-17-19-25(20-18-24)32-28(23-14-8-5-9-15-23)27(22-12-6-4-7-13-22)31-29(32)35-21-11-3-1-2-10-16-26(33)34;;/h4-9,12-15,17-20H,1-3,10-11,16,21H2,(H,33,34);;. The minimum atomic E-state index is -0.731. The third-order valence-corrected chi connectivity index (χ3v) is 6.04. The van der Waals surface area contributed by atoms with E-state index < -0.39 is 5.97 Å². The number of benzene rings is 3. The van der Waals surface area contributed by atoms with Crippen LogP contribution in [0.25, 0.3) is 28.2 Å². The van der Waals surface area contributed by atoms with E-state index in [1.807, 2.05) is 60.7 Å². The third kappa shape index (κ3) is 7.47. The Balaban J connectivity index is 0.00000361. The molecule has 0 saturated carbocycles. The second-order valence-electron chi connectivity index (χ2n) is 8.40. The quantitative estimate of drug-likeness (QED) is 0.164. The van der Waals surface area contributed by atoms with Gasteiger partial charge in [0.15, 0.2) is 0 Å². The average molecular weight is 513 g/mol. The summed E-state index contributed by atoms with van der Waals surface area (Å²) in [6, 6.07) is 28.6. The van der Waals surface area contributed by atoms with Crippen LogP contribution >= 0.6 is 11.6 Å². The molecule has 5 nitrogen and oxygen atoms in total. The molecule has 1 aromatic heterocycles. The fourth-order valence-corrected chi connectivity index (χ4v) is 4.18. The summed E-state index contributed by atoms with van der Waals surface area (Å²) in [7, 11) is 0. The van der Waals surface area contributed by atoms with Gasteiger partial charge >= 0.3 is 41.5 Å². The van der Waals surface area contributed by atoms with Gasteiger partial charge in [-0.2, -0.15) is 4.98 Å². The Hall–Kier alpha value is -2.57. The van der Waals surface area contributed by atoms with Crippen molar-refractivity contribution in [2.75, 3.05) is 6.61 Å². The molecule has 3 aromatic carbocycles. The first-order valence-electron chi connectivity index (χ1n) is 12.0. The summed E-state index contributed by atoms with van der Waals surface area (Å²) < 4.78 is 8.31. The Morgan fingerprint density at radius 2 is 1.39 bits per heavy atom. The molecule has 0 spiro atoms. The second kappa shape index (κ2) is 14.2. The predicted molar refractivity (Wildman–Crippen MR) is 147 cm³/mol. The van der Waals surface area contributed by atoms with Crippen LogP contribution in [0.3, 0.4) is 0 Å². The van der Waals surface area contributed by atoms with Crippen LogP contribution < -0.4 is 4.74 Å². The summed E-state index contributed by atoms with van der Waals surface area (Å²) in [5, 5.41) is 9.44. The van der Waals surface area contributed by atoms with E-state index in [9.17, 15) is 4.79 Å². The number of rotatable bonds is 12. The number of imidazole rings is 1. The van der Waals surface area contributed by atoms with Crippen molar-refractivity contribution in [2.45, 2.75) is 38.5 Å². The van der Waals surface area contributed by atoms with Crippen molar-refractivity contribution in [3.63, 3.8) is 0 Å². The fourth-order valence-electron chi connectivity index (χ4n) is 4.06. The summed E-state index contributed by atoms with van der Waals surface area (Å²) in [5.41, 5.74) is 4.80. The Kier molecular flexibility index (Phi) is 11.1. The van der Waals surface area contributed by atoms with Gasteiger partial charge in [-0.1, -0.05) is 91.5 Å². The number of hydrogen-bond acceptors (Lipinski definition) is 3. The van der Waals surface area contributed by atoms with Crippen LogP contribution in [0, 0.1) is 0 Å². The molecule has 36 heavy (non-hydrogen) atoms. The van der Waals surface area contributed by atoms with Gasteiger partial charge in [0.05, 0.1) is 18.0 Å². The Morgan fingerprint density at radius 3 is 2.03 bits per heavy atom. The summed E-state index contributed by atoms with van der Waals surface area (Å²) in [6.45, 7) is 0.534. The molecule has 0 unspecified atom stereocenters. The van der Waals surface area contributed by atoms with E-state index in [2.05, 4.69) is 28.8 Å². The van der Waals surface area contributed by atoms with Gasteiger partial charge in [0.1, 0.15) is 5.69 Å². The van der Waals surface area contributed by atoms with Gasteiger partial charge in [-0.15, -0.1) is 0 Å². The molecular weight excluding hydrogens is 483 g/mol. The van der Waals surface area contributed by atoms with E-state index in [0.717, 1.165) is 60.3 Å². The molecule has 0 aliphatic heterocycles. The van der Waals surface area contributed by atoms with Gasteiger partial charge in [-0.05, 0) is 37.1 Å². The Labute approximate surface area is 239 Å². The number of aliphatic carboxylic acids is 1. The zero-order valence-electron chi connectivity index (χ0n) is 19.6. The third-order valence-electron chi connectivity index (χ3n) is 5.79. The number of halogens is 1. The average Bonchev–Trinajstić information content (AvgIpc) is 3.26. The van der Waals surface area contributed by atoms with Crippen molar-refractivity contribution in [1.82, 2.24) is 9.55 Å². The number of ether oxygens (including phenoxy) is 1. The van der Waals surface area contributed by atoms with Gasteiger partial charge < -0.3 is 9.84 Å². The van der Waals surface area contributed by atoms with Gasteiger partial charge in [0.2, 0.25) is 0 Å². The van der Waals surface area contributed by atoms with Crippen LogP contribution in [-0.4, -0.2) is 56.8 Å². The molecule has 1 heterocycles. The van der Waals surface area contributed by atoms with Crippen LogP contribution in [0.1, 0.15) is 38.5 Å². The molecule has 0 saturated heterocycles. The van der Waals surface area contributed by atoms with Crippen LogP contribution in [0.15, 0.2) is 84.9 Å². The SMILES string of the molecule is O=C(O)CCCCCCCOc1nc(-c2ccccc2)c(-c2ccccc2)n1-c1ccc(Cl)cc1.[NaH]. The zero-order chi connectivity index (χ0) is 24.5. The van der Waals surface area contributed by atoms with Crippen molar-refractivity contribution in [2.24, 2.45) is 0 Å². The molecule has 0 radical (unpaired) electrons. The zero-order valence-corrected chi connectivity index (χ0v) is 20.3. The first kappa shape index (κ1) is 28.0. The number of aromatic nitrogens is 2. The van der Waals surface area contributed by atoms with E-state index >= 15 is 0 Å². The summed E-state index contributed by atoms with van der Waals surface area (Å²) in [6.07, 6.45) is 4.73. The number of carboxylic acids is 1. The van der Waals surface area contributed by atoms with Crippen molar-refractivity contribution < 1.29 is 14.6 Å². The van der Waals surface area contributed by atoms with E-state index in [1.165, 1.54) is 0 Å². The number of hydrogen-bond donors (Lipinski definition) is 1. The monoisotopic (exact) mass is 512 g/mol. The van der Waals surface area contributed by atoms with E-state index in [0.29, 0.717) is 17.6 Å². The summed E-state index contributed by atoms with van der Waals surface area (Å²) in [5.74, 6) is -0.731. The van der Waals surface area contributed by atoms with Crippen molar-refractivity contribution in [1.29, 1.82) is 0 Å². The molecule has 0 aliphatic rings. The normalized spacial score (nSPS) is 10.6. The Bertz CT molecular complexity index is 1230. The van der Waals surface area contributed by atoms with Crippen LogP contribution in [-0.2, 0) is 4.79 Å². The molecule has 1 N–H and O–H groups in total. The Morgan fingerprint density at radius 1 is 0.806 bits per heavy atom. The number of unbranched alkanes of at least 4 members (excludes halogenated alkanes) is 4. The molecule has 4 aromatic rings. The molecule has 182 valence electrons. The maximum absolute atomic E-state index is 10.7. The number of carboxylic acid groups (broad SMARTS) is 1. The summed E-state index contributed by atoms with van der Waals surface area (Å²) >= 11 is 6.18. The molecule has 0 amide bonds. The van der Waals surface area contributed by atoms with Crippen molar-refractivity contribution >= 4 is 47.1 Å². The first-order chi connectivity index (χ1) is 17.1. The fraction of sp³-hybridized carbons (Fsp3) is 0.241. The van der Waals surface area contributed by atoms with E-state index in [4.69, 9.17) is 26.4 Å². The van der Waals surface area contributed by atoms with Crippen LogP contribution in [0.2, 0.25) is 5.02 Å². The summed E-state index contributed by atoms with van der Waals surface area (Å²) in [4.78, 5) is 15.6. The van der Waals surface area contributed by atoms with Crippen LogP contribution in [0.4, 0.5) is 0 Å². The van der Waals surface area contributed by atoms with Crippen molar-refractivity contribution in [3.8, 4) is 34.2 Å². The minimum absolute atomic E-state index is 0. The number of nitrogens with zero attached hydrogens (tertiary/aromatic N) is 2. The van der Waals surface area contributed by atoms with E-state index in [1.54, 1.807) is 0 Å². The van der Waals surface area contributed by atoms with Crippen LogP contribution in [0.5, 0.6) is 6.01 Å². The predicted octanol–water partition coefficient (Wildman–Crippen LogP) is 7.02. The molecule has 0 atom stereocenters. The first-order valence-corrected chi connectivity index (χ1v) is 12.4. The maximum atomic E-state index is 10.7. The van der Waals surface area contributed by atoms with Gasteiger partial charge in [0, 0.05) is 22.6 Å². The number of carbonyl (C=O) groups is 1. The molecular formula is C29H30ClN2NaO3. The molecule has 0 aliphatic carbocycles. The van der Waals surface area contributed by atoms with Gasteiger partial charge in [0.25, 0.3) is 0 Å². The van der Waals surface area contributed by atoms with Gasteiger partial charge in [-0.25, -0.2) is 0 Å².